The Hall–Kier alpha value is -1.49. The number of halogens is 9. The van der Waals surface area contributed by atoms with Crippen molar-refractivity contribution in [2.45, 2.75) is 23.7 Å². The van der Waals surface area contributed by atoms with Crippen LogP contribution in [0.5, 0.6) is 0 Å². The van der Waals surface area contributed by atoms with Gasteiger partial charge in [-0.15, -0.1) is 0 Å². The van der Waals surface area contributed by atoms with Gasteiger partial charge in [-0.1, -0.05) is 0 Å². The molecule has 0 heterocycles. The molecule has 0 aliphatic rings. The summed E-state index contributed by atoms with van der Waals surface area (Å²) in [6.07, 6.45) is 0. The molecule has 3 nitrogen and oxygen atoms in total. The lowest BCUT2D eigenvalue weighted by atomic mass is 9.99. The van der Waals surface area contributed by atoms with E-state index in [-0.39, 0.29) is 7.11 Å². The second-order valence-electron chi connectivity index (χ2n) is 3.06. The van der Waals surface area contributed by atoms with E-state index in [2.05, 4.69) is 4.74 Å². The first kappa shape index (κ1) is 17.5. The fourth-order valence-electron chi connectivity index (χ4n) is 0.774. The summed E-state index contributed by atoms with van der Waals surface area (Å²) in [6.45, 7) is 0. The average molecular weight is 306 g/mol. The van der Waals surface area contributed by atoms with Crippen LogP contribution in [0.2, 0.25) is 0 Å². The van der Waals surface area contributed by atoms with E-state index in [1.807, 2.05) is 0 Å². The lowest BCUT2D eigenvalue weighted by Crippen LogP contribution is -2.66. The van der Waals surface area contributed by atoms with Crippen LogP contribution in [0.25, 0.3) is 0 Å². The van der Waals surface area contributed by atoms with Gasteiger partial charge in [-0.25, -0.2) is 4.79 Å². The van der Waals surface area contributed by atoms with Gasteiger partial charge in [0.15, 0.2) is 0 Å². The van der Waals surface area contributed by atoms with E-state index in [4.69, 9.17) is 0 Å². The monoisotopic (exact) mass is 306 g/mol. The van der Waals surface area contributed by atoms with E-state index in [9.17, 15) is 49.1 Å². The second-order valence-corrected chi connectivity index (χ2v) is 3.06. The van der Waals surface area contributed by atoms with Gasteiger partial charge in [-0.3, -0.25) is 4.79 Å². The molecule has 0 aromatic heterocycles. The molecule has 0 rings (SSSR count). The topological polar surface area (TPSA) is 43.4 Å². The first-order valence-corrected chi connectivity index (χ1v) is 3.97. The number of esters is 1. The zero-order chi connectivity index (χ0) is 15.9. The van der Waals surface area contributed by atoms with Gasteiger partial charge >= 0.3 is 35.7 Å². The van der Waals surface area contributed by atoms with Crippen LogP contribution < -0.4 is 0 Å². The van der Waals surface area contributed by atoms with E-state index in [1.165, 1.54) is 0 Å². The van der Waals surface area contributed by atoms with Crippen molar-refractivity contribution >= 4 is 12.0 Å². The van der Waals surface area contributed by atoms with Crippen molar-refractivity contribution in [1.82, 2.24) is 0 Å². The highest BCUT2D eigenvalue weighted by Gasteiger charge is 2.85. The highest BCUT2D eigenvalue weighted by Crippen LogP contribution is 2.53. The third kappa shape index (κ3) is 2.23. The molecule has 0 N–H and O–H groups in total. The average Bonchev–Trinajstić information content (AvgIpc) is 2.26. The molecule has 0 aromatic rings. The summed E-state index contributed by atoms with van der Waals surface area (Å²) in [4.78, 5) is 19.7. The van der Waals surface area contributed by atoms with Gasteiger partial charge in [0.05, 0.1) is 7.11 Å². The smallest absolute Gasteiger partial charge is 0.410 e. The number of carbonyl (C=O) groups is 2. The number of methoxy groups -OCH3 is 1. The number of carbonyl (C=O) groups excluding carboxylic acids is 2. The van der Waals surface area contributed by atoms with Gasteiger partial charge in [0.1, 0.15) is 0 Å². The van der Waals surface area contributed by atoms with Crippen molar-refractivity contribution < 1.29 is 53.8 Å². The van der Waals surface area contributed by atoms with Gasteiger partial charge in [0.2, 0.25) is 0 Å². The molecule has 19 heavy (non-hydrogen) atoms. The first-order chi connectivity index (χ1) is 8.17. The van der Waals surface area contributed by atoms with Crippen molar-refractivity contribution in [3.05, 3.63) is 0 Å². The predicted octanol–water partition coefficient (Wildman–Crippen LogP) is 2.20. The summed E-state index contributed by atoms with van der Waals surface area (Å²) in [5, 5.41) is 0. The van der Waals surface area contributed by atoms with Crippen LogP contribution in [0.4, 0.5) is 39.5 Å². The number of hydrogen-bond donors (Lipinski definition) is 0. The fraction of sp³-hybridized carbons (Fsp3) is 0.714. The minimum Gasteiger partial charge on any atom is -0.464 e. The molecular formula is C7H3F9O3. The van der Waals surface area contributed by atoms with Crippen molar-refractivity contribution in [2.75, 3.05) is 7.11 Å². The van der Waals surface area contributed by atoms with E-state index < -0.39 is 35.7 Å². The molecule has 0 fully saturated rings. The highest BCUT2D eigenvalue weighted by atomic mass is 19.4. The van der Waals surface area contributed by atoms with Crippen LogP contribution in [-0.4, -0.2) is 42.8 Å². The SMILES string of the molecule is COC(=O)C(F)(F)C(F)(F)C(F)(F)C(F)(F)C(=O)F. The van der Waals surface area contributed by atoms with Gasteiger partial charge < -0.3 is 4.74 Å². The summed E-state index contributed by atoms with van der Waals surface area (Å²) in [7, 11) is 0.0862. The van der Waals surface area contributed by atoms with Crippen molar-refractivity contribution in [2.24, 2.45) is 0 Å². The molecule has 0 radical (unpaired) electrons. The maximum atomic E-state index is 12.7. The Labute approximate surface area is 97.9 Å². The standard InChI is InChI=1S/C7H3F9O3/c1-19-3(18)5(11,12)7(15,16)6(13,14)4(9,10)2(8)17/h1H3. The van der Waals surface area contributed by atoms with E-state index in [0.29, 0.717) is 0 Å². The van der Waals surface area contributed by atoms with Gasteiger partial charge in [-0.2, -0.15) is 39.5 Å². The molecule has 0 atom stereocenters. The fourth-order valence-corrected chi connectivity index (χ4v) is 0.774. The third-order valence-corrected chi connectivity index (χ3v) is 1.87. The third-order valence-electron chi connectivity index (χ3n) is 1.87. The molecule has 0 spiro atoms. The summed E-state index contributed by atoms with van der Waals surface area (Å²) >= 11 is 0. The molecule has 0 aliphatic carbocycles. The van der Waals surface area contributed by atoms with Crippen LogP contribution in [0.3, 0.4) is 0 Å². The largest absolute Gasteiger partial charge is 0.464 e. The van der Waals surface area contributed by atoms with Gasteiger partial charge in [0.25, 0.3) is 0 Å². The molecule has 0 aliphatic heterocycles. The van der Waals surface area contributed by atoms with Crippen LogP contribution in [0.1, 0.15) is 0 Å². The number of hydrogen-bond acceptors (Lipinski definition) is 3. The van der Waals surface area contributed by atoms with Gasteiger partial charge in [-0.05, 0) is 0 Å². The van der Waals surface area contributed by atoms with Crippen LogP contribution in [0, 0.1) is 0 Å². The minimum absolute atomic E-state index is 0.0862. The molecule has 0 unspecified atom stereocenters. The molecule has 0 aromatic carbocycles. The summed E-state index contributed by atoms with van der Waals surface area (Å²) in [5.74, 6) is -30.7. The van der Waals surface area contributed by atoms with E-state index in [1.54, 1.807) is 0 Å². The van der Waals surface area contributed by atoms with Crippen molar-refractivity contribution in [3.8, 4) is 0 Å². The molecular weight excluding hydrogens is 303 g/mol. The first-order valence-electron chi connectivity index (χ1n) is 3.97. The number of ether oxygens (including phenoxy) is 1. The molecule has 0 amide bonds. The van der Waals surface area contributed by atoms with Crippen LogP contribution in [-0.2, 0) is 14.3 Å². The van der Waals surface area contributed by atoms with E-state index in [0.717, 1.165) is 0 Å². The Balaban J connectivity index is 5.90. The van der Waals surface area contributed by atoms with Crippen molar-refractivity contribution in [1.29, 1.82) is 0 Å². The molecule has 12 heteroatoms. The minimum atomic E-state index is -7.16. The summed E-state index contributed by atoms with van der Waals surface area (Å²) in [5.41, 5.74) is 0. The zero-order valence-corrected chi connectivity index (χ0v) is 8.63. The second kappa shape index (κ2) is 4.56. The van der Waals surface area contributed by atoms with Gasteiger partial charge in [0, 0.05) is 0 Å². The van der Waals surface area contributed by atoms with Crippen LogP contribution in [0.15, 0.2) is 0 Å². The maximum absolute atomic E-state index is 12.7. The Morgan fingerprint density at radius 1 is 0.789 bits per heavy atom. The Kier molecular flexibility index (Phi) is 4.20. The zero-order valence-electron chi connectivity index (χ0n) is 8.63. The number of rotatable bonds is 5. The molecule has 112 valence electrons. The normalized spacial score (nSPS) is 14.2. The van der Waals surface area contributed by atoms with Crippen molar-refractivity contribution in [3.63, 3.8) is 0 Å². The van der Waals surface area contributed by atoms with E-state index >= 15 is 0 Å². The Morgan fingerprint density at radius 3 is 1.37 bits per heavy atom. The van der Waals surface area contributed by atoms with Crippen LogP contribution >= 0.6 is 0 Å². The lowest BCUT2D eigenvalue weighted by Gasteiger charge is -2.33. The highest BCUT2D eigenvalue weighted by molar-refractivity contribution is 5.81. The number of alkyl halides is 8. The molecule has 0 bridgehead atoms. The predicted molar refractivity (Wildman–Crippen MR) is 37.9 cm³/mol. The molecule has 0 saturated carbocycles. The Bertz CT molecular complexity index is 389. The maximum Gasteiger partial charge on any atom is 0.410 e. The Morgan fingerprint density at radius 2 is 1.11 bits per heavy atom. The summed E-state index contributed by atoms with van der Waals surface area (Å²) in [6, 6.07) is -4.27. The molecule has 0 saturated heterocycles. The quantitative estimate of drug-likeness (QED) is 0.444. The lowest BCUT2D eigenvalue weighted by molar-refractivity contribution is -0.352. The summed E-state index contributed by atoms with van der Waals surface area (Å²) < 4.78 is 115.